The topological polar surface area (TPSA) is 66.5 Å². The monoisotopic (exact) mass is 338 g/mol. The fourth-order valence-corrected chi connectivity index (χ4v) is 4.54. The van der Waals surface area contributed by atoms with Gasteiger partial charge < -0.3 is 5.32 Å². The summed E-state index contributed by atoms with van der Waals surface area (Å²) in [5.41, 5.74) is 1.05. The summed E-state index contributed by atoms with van der Waals surface area (Å²) in [6.45, 7) is 4.63. The fraction of sp³-hybridized carbons (Fsp3) is 0.588. The molecule has 2 rings (SSSR count). The minimum Gasteiger partial charge on any atom is -0.349 e. The highest BCUT2D eigenvalue weighted by atomic mass is 32.2. The summed E-state index contributed by atoms with van der Waals surface area (Å²) in [4.78, 5) is 12.5. The van der Waals surface area contributed by atoms with Crippen LogP contribution in [0, 0.1) is 5.92 Å². The highest BCUT2D eigenvalue weighted by Crippen LogP contribution is 2.21. The van der Waals surface area contributed by atoms with Gasteiger partial charge in [0.25, 0.3) is 0 Å². The van der Waals surface area contributed by atoms with Crippen LogP contribution >= 0.6 is 0 Å². The van der Waals surface area contributed by atoms with Crippen molar-refractivity contribution in [3.63, 3.8) is 0 Å². The smallest absolute Gasteiger partial charge is 0.224 e. The lowest BCUT2D eigenvalue weighted by atomic mass is 9.98. The molecular weight excluding hydrogens is 312 g/mol. The Bertz CT molecular complexity index is 616. The Kier molecular flexibility index (Phi) is 6.18. The highest BCUT2D eigenvalue weighted by molar-refractivity contribution is 7.89. The van der Waals surface area contributed by atoms with Gasteiger partial charge in [-0.1, -0.05) is 37.3 Å². The van der Waals surface area contributed by atoms with Crippen LogP contribution in [-0.4, -0.2) is 37.5 Å². The number of nitrogens with one attached hydrogen (secondary N) is 1. The SMILES string of the molecule is CCCS(=O)(=O)N1CCC[C@@H](C(=O)N[C@H](C)c2ccccc2)C1. The van der Waals surface area contributed by atoms with Crippen molar-refractivity contribution < 1.29 is 13.2 Å². The molecule has 1 amide bonds. The molecule has 5 nitrogen and oxygen atoms in total. The van der Waals surface area contributed by atoms with Crippen molar-refractivity contribution in [1.82, 2.24) is 9.62 Å². The molecule has 1 aromatic rings. The number of carbonyl (C=O) groups is 1. The first-order valence-corrected chi connectivity index (χ1v) is 9.88. The predicted octanol–water partition coefficient (Wildman–Crippen LogP) is 2.32. The van der Waals surface area contributed by atoms with Crippen LogP contribution in [0.5, 0.6) is 0 Å². The number of carbonyl (C=O) groups excluding carboxylic acids is 1. The van der Waals surface area contributed by atoms with Crippen molar-refractivity contribution in [3.8, 4) is 0 Å². The average molecular weight is 338 g/mol. The molecule has 23 heavy (non-hydrogen) atoms. The number of benzene rings is 1. The summed E-state index contributed by atoms with van der Waals surface area (Å²) in [5.74, 6) is -0.166. The number of nitrogens with zero attached hydrogens (tertiary/aromatic N) is 1. The van der Waals surface area contributed by atoms with E-state index in [2.05, 4.69) is 5.32 Å². The maximum absolute atomic E-state index is 12.5. The summed E-state index contributed by atoms with van der Waals surface area (Å²) in [6.07, 6.45) is 2.08. The van der Waals surface area contributed by atoms with Crippen LogP contribution in [0.4, 0.5) is 0 Å². The van der Waals surface area contributed by atoms with E-state index in [0.717, 1.165) is 18.4 Å². The Hall–Kier alpha value is -1.40. The van der Waals surface area contributed by atoms with Gasteiger partial charge in [0, 0.05) is 13.1 Å². The largest absolute Gasteiger partial charge is 0.349 e. The molecule has 0 aromatic heterocycles. The van der Waals surface area contributed by atoms with E-state index in [4.69, 9.17) is 0 Å². The van der Waals surface area contributed by atoms with Gasteiger partial charge in [0.15, 0.2) is 0 Å². The maximum Gasteiger partial charge on any atom is 0.224 e. The van der Waals surface area contributed by atoms with Crippen LogP contribution in [-0.2, 0) is 14.8 Å². The Morgan fingerprint density at radius 2 is 2.04 bits per heavy atom. The van der Waals surface area contributed by atoms with E-state index in [1.807, 2.05) is 44.2 Å². The van der Waals surface area contributed by atoms with Gasteiger partial charge in [0.05, 0.1) is 17.7 Å². The summed E-state index contributed by atoms with van der Waals surface area (Å²) >= 11 is 0. The van der Waals surface area contributed by atoms with Crippen molar-refractivity contribution in [2.24, 2.45) is 5.92 Å². The minimum atomic E-state index is -3.23. The van der Waals surface area contributed by atoms with Crippen LogP contribution in [0.25, 0.3) is 0 Å². The number of rotatable bonds is 6. The van der Waals surface area contributed by atoms with Crippen molar-refractivity contribution in [3.05, 3.63) is 35.9 Å². The Morgan fingerprint density at radius 3 is 2.70 bits per heavy atom. The van der Waals surface area contributed by atoms with Gasteiger partial charge in [-0.05, 0) is 31.7 Å². The fourth-order valence-electron chi connectivity index (χ4n) is 2.95. The van der Waals surface area contributed by atoms with Gasteiger partial charge in [-0.15, -0.1) is 0 Å². The molecule has 1 heterocycles. The quantitative estimate of drug-likeness (QED) is 0.865. The first-order chi connectivity index (χ1) is 10.9. The van der Waals surface area contributed by atoms with Crippen LogP contribution in [0.3, 0.4) is 0 Å². The van der Waals surface area contributed by atoms with Gasteiger partial charge in [0.1, 0.15) is 0 Å². The van der Waals surface area contributed by atoms with Crippen LogP contribution in [0.15, 0.2) is 30.3 Å². The molecular formula is C17H26N2O3S. The molecule has 0 bridgehead atoms. The number of sulfonamides is 1. The third kappa shape index (κ3) is 4.78. The molecule has 0 saturated carbocycles. The number of piperidine rings is 1. The number of amides is 1. The lowest BCUT2D eigenvalue weighted by Gasteiger charge is -2.31. The number of hydrogen-bond acceptors (Lipinski definition) is 3. The second kappa shape index (κ2) is 7.93. The van der Waals surface area contributed by atoms with Gasteiger partial charge in [-0.25, -0.2) is 12.7 Å². The van der Waals surface area contributed by atoms with E-state index in [0.29, 0.717) is 19.5 Å². The molecule has 2 atom stereocenters. The first-order valence-electron chi connectivity index (χ1n) is 8.27. The lowest BCUT2D eigenvalue weighted by molar-refractivity contribution is -0.126. The molecule has 0 radical (unpaired) electrons. The molecule has 1 aliphatic heterocycles. The summed E-state index contributed by atoms with van der Waals surface area (Å²) in [7, 11) is -3.23. The molecule has 128 valence electrons. The van der Waals surface area contributed by atoms with E-state index in [9.17, 15) is 13.2 Å². The Labute approximate surface area is 139 Å². The Morgan fingerprint density at radius 1 is 1.35 bits per heavy atom. The molecule has 1 aliphatic rings. The normalized spacial score (nSPS) is 20.9. The summed E-state index contributed by atoms with van der Waals surface area (Å²) in [6, 6.07) is 9.70. The molecule has 1 fully saturated rings. The van der Waals surface area contributed by atoms with Crippen LogP contribution < -0.4 is 5.32 Å². The molecule has 0 aliphatic carbocycles. The Balaban J connectivity index is 1.97. The van der Waals surface area contributed by atoms with Crippen molar-refractivity contribution in [2.75, 3.05) is 18.8 Å². The standard InChI is InChI=1S/C17H26N2O3S/c1-3-12-23(21,22)19-11-7-10-16(13-19)17(20)18-14(2)15-8-5-4-6-9-15/h4-6,8-9,14,16H,3,7,10-13H2,1-2H3,(H,18,20)/t14-,16-/m1/s1. The molecule has 1 N–H and O–H groups in total. The zero-order valence-corrected chi connectivity index (χ0v) is 14.7. The maximum atomic E-state index is 12.5. The van der Waals surface area contributed by atoms with Crippen LogP contribution in [0.2, 0.25) is 0 Å². The average Bonchev–Trinajstić information content (AvgIpc) is 2.55. The first kappa shape index (κ1) is 17.9. The van der Waals surface area contributed by atoms with Crippen molar-refractivity contribution in [2.45, 2.75) is 39.2 Å². The van der Waals surface area contributed by atoms with E-state index in [-0.39, 0.29) is 23.6 Å². The number of hydrogen-bond donors (Lipinski definition) is 1. The summed E-state index contributed by atoms with van der Waals surface area (Å²) in [5, 5.41) is 3.01. The van der Waals surface area contributed by atoms with E-state index >= 15 is 0 Å². The predicted molar refractivity (Wildman–Crippen MR) is 91.4 cm³/mol. The van der Waals surface area contributed by atoms with E-state index in [1.165, 1.54) is 4.31 Å². The molecule has 0 unspecified atom stereocenters. The second-order valence-electron chi connectivity index (χ2n) is 6.15. The third-order valence-electron chi connectivity index (χ3n) is 4.27. The second-order valence-corrected chi connectivity index (χ2v) is 8.24. The molecule has 1 saturated heterocycles. The van der Waals surface area contributed by atoms with E-state index < -0.39 is 10.0 Å². The third-order valence-corrected chi connectivity index (χ3v) is 6.31. The zero-order valence-electron chi connectivity index (χ0n) is 13.9. The van der Waals surface area contributed by atoms with Crippen molar-refractivity contribution in [1.29, 1.82) is 0 Å². The van der Waals surface area contributed by atoms with Gasteiger partial charge in [0.2, 0.25) is 15.9 Å². The zero-order chi connectivity index (χ0) is 16.9. The minimum absolute atomic E-state index is 0.0576. The highest BCUT2D eigenvalue weighted by Gasteiger charge is 2.32. The van der Waals surface area contributed by atoms with Crippen molar-refractivity contribution >= 4 is 15.9 Å². The molecule has 6 heteroatoms. The van der Waals surface area contributed by atoms with Gasteiger partial charge >= 0.3 is 0 Å². The van der Waals surface area contributed by atoms with Gasteiger partial charge in [-0.3, -0.25) is 4.79 Å². The molecule has 0 spiro atoms. The van der Waals surface area contributed by atoms with Gasteiger partial charge in [-0.2, -0.15) is 0 Å². The molecule has 1 aromatic carbocycles. The van der Waals surface area contributed by atoms with E-state index in [1.54, 1.807) is 0 Å². The van der Waals surface area contributed by atoms with Crippen LogP contribution in [0.1, 0.15) is 44.7 Å². The summed E-state index contributed by atoms with van der Waals surface area (Å²) < 4.78 is 25.9. The lowest BCUT2D eigenvalue weighted by Crippen LogP contribution is -2.46.